The fourth-order valence-corrected chi connectivity index (χ4v) is 5.71. The Morgan fingerprint density at radius 1 is 1.11 bits per heavy atom. The molecule has 2 fully saturated rings. The van der Waals surface area contributed by atoms with Gasteiger partial charge in [0.1, 0.15) is 12.4 Å². The first-order chi connectivity index (χ1) is 17.4. The summed E-state index contributed by atoms with van der Waals surface area (Å²) in [6, 6.07) is 13.6. The van der Waals surface area contributed by atoms with Crippen LogP contribution in [0.3, 0.4) is 0 Å². The van der Waals surface area contributed by atoms with E-state index in [1.807, 2.05) is 38.1 Å². The summed E-state index contributed by atoms with van der Waals surface area (Å²) in [5.41, 5.74) is 2.16. The number of amides is 1. The zero-order chi connectivity index (χ0) is 25.2. The van der Waals surface area contributed by atoms with Crippen molar-refractivity contribution in [3.8, 4) is 11.4 Å². The molecule has 0 radical (unpaired) electrons. The highest BCUT2D eigenvalue weighted by atomic mass is 35.5. The Balaban J connectivity index is 1.55. The van der Waals surface area contributed by atoms with Crippen molar-refractivity contribution >= 4 is 34.1 Å². The molecule has 0 unspecified atom stereocenters. The number of anilines is 1. The summed E-state index contributed by atoms with van der Waals surface area (Å²) < 4.78 is 1.47. The molecule has 0 saturated carbocycles. The standard InChI is InChI=1S/C28H34ClN5O2/c1-19(2)30-26(35)18-34-27(20-7-5-8-21(29)15-20)31-25-11-10-22(16-24(25)28(34)36)33-14-6-9-23(33)17-32-12-3-4-13-32/h5,7-8,10-11,15-16,19,23H,3-4,6,9,12-14,17-18H2,1-2H3,(H,30,35)/t23-/m0/s1. The van der Waals surface area contributed by atoms with Gasteiger partial charge in [0.25, 0.3) is 5.56 Å². The lowest BCUT2D eigenvalue weighted by Gasteiger charge is -2.30. The van der Waals surface area contributed by atoms with E-state index in [1.54, 1.807) is 12.1 Å². The fourth-order valence-electron chi connectivity index (χ4n) is 5.52. The third kappa shape index (κ3) is 5.27. The highest BCUT2D eigenvalue weighted by Gasteiger charge is 2.28. The quantitative estimate of drug-likeness (QED) is 0.516. The lowest BCUT2D eigenvalue weighted by Crippen LogP contribution is -2.39. The molecule has 5 rings (SSSR count). The number of nitrogens with zero attached hydrogens (tertiary/aromatic N) is 4. The van der Waals surface area contributed by atoms with Gasteiger partial charge in [-0.1, -0.05) is 23.7 Å². The maximum atomic E-state index is 13.8. The first kappa shape index (κ1) is 24.8. The average molecular weight is 508 g/mol. The van der Waals surface area contributed by atoms with Crippen LogP contribution in [0.25, 0.3) is 22.3 Å². The summed E-state index contributed by atoms with van der Waals surface area (Å²) in [5, 5.41) is 3.97. The lowest BCUT2D eigenvalue weighted by molar-refractivity contribution is -0.122. The van der Waals surface area contributed by atoms with Crippen LogP contribution in [0.4, 0.5) is 5.69 Å². The van der Waals surface area contributed by atoms with E-state index in [2.05, 4.69) is 21.2 Å². The molecule has 7 nitrogen and oxygen atoms in total. The fraction of sp³-hybridized carbons (Fsp3) is 0.464. The summed E-state index contributed by atoms with van der Waals surface area (Å²) in [7, 11) is 0. The Bertz CT molecular complexity index is 1320. The molecule has 36 heavy (non-hydrogen) atoms. The van der Waals surface area contributed by atoms with Crippen LogP contribution in [0.15, 0.2) is 47.3 Å². The molecular formula is C28H34ClN5O2. The van der Waals surface area contributed by atoms with Crippen LogP contribution in [0.5, 0.6) is 0 Å². The number of fused-ring (bicyclic) bond motifs is 1. The van der Waals surface area contributed by atoms with Gasteiger partial charge in [0.15, 0.2) is 0 Å². The van der Waals surface area contributed by atoms with Gasteiger partial charge in [-0.2, -0.15) is 0 Å². The van der Waals surface area contributed by atoms with E-state index in [9.17, 15) is 9.59 Å². The van der Waals surface area contributed by atoms with E-state index in [0.717, 1.165) is 25.2 Å². The minimum atomic E-state index is -0.224. The molecule has 1 aromatic heterocycles. The molecule has 2 aliphatic heterocycles. The van der Waals surface area contributed by atoms with Crippen LogP contribution in [0, 0.1) is 0 Å². The molecule has 0 bridgehead atoms. The summed E-state index contributed by atoms with van der Waals surface area (Å²) in [6.45, 7) is 8.12. The highest BCUT2D eigenvalue weighted by Crippen LogP contribution is 2.30. The Morgan fingerprint density at radius 3 is 2.67 bits per heavy atom. The second-order valence-corrected chi connectivity index (χ2v) is 10.7. The third-order valence-corrected chi connectivity index (χ3v) is 7.38. The van der Waals surface area contributed by atoms with Crippen molar-refractivity contribution in [2.45, 2.75) is 58.2 Å². The Labute approximate surface area is 217 Å². The number of hydrogen-bond acceptors (Lipinski definition) is 5. The van der Waals surface area contributed by atoms with Crippen LogP contribution >= 0.6 is 11.6 Å². The molecule has 3 aromatic rings. The van der Waals surface area contributed by atoms with Crippen molar-refractivity contribution in [1.29, 1.82) is 0 Å². The number of benzene rings is 2. The molecule has 3 heterocycles. The van der Waals surface area contributed by atoms with Gasteiger partial charge >= 0.3 is 0 Å². The van der Waals surface area contributed by atoms with E-state index >= 15 is 0 Å². The summed E-state index contributed by atoms with van der Waals surface area (Å²) in [5.74, 6) is 0.215. The van der Waals surface area contributed by atoms with E-state index in [0.29, 0.717) is 33.4 Å². The summed E-state index contributed by atoms with van der Waals surface area (Å²) in [6.07, 6.45) is 4.89. The largest absolute Gasteiger partial charge is 0.367 e. The van der Waals surface area contributed by atoms with Crippen molar-refractivity contribution in [3.63, 3.8) is 0 Å². The van der Waals surface area contributed by atoms with Crippen molar-refractivity contribution < 1.29 is 4.79 Å². The summed E-state index contributed by atoms with van der Waals surface area (Å²) in [4.78, 5) is 36.4. The molecule has 2 aromatic carbocycles. The number of rotatable bonds is 7. The molecule has 1 amide bonds. The lowest BCUT2D eigenvalue weighted by atomic mass is 10.1. The van der Waals surface area contributed by atoms with Gasteiger partial charge in [-0.05, 0) is 83.0 Å². The van der Waals surface area contributed by atoms with E-state index in [4.69, 9.17) is 16.6 Å². The molecular weight excluding hydrogens is 474 g/mol. The maximum absolute atomic E-state index is 13.8. The zero-order valence-corrected chi connectivity index (χ0v) is 21.8. The average Bonchev–Trinajstić information content (AvgIpc) is 3.53. The van der Waals surface area contributed by atoms with Gasteiger partial charge in [-0.25, -0.2) is 4.98 Å². The smallest absolute Gasteiger partial charge is 0.262 e. The molecule has 0 spiro atoms. The normalized spacial score (nSPS) is 18.4. The number of carbonyl (C=O) groups is 1. The number of carbonyl (C=O) groups excluding carboxylic acids is 1. The second-order valence-electron chi connectivity index (χ2n) is 10.3. The SMILES string of the molecule is CC(C)NC(=O)Cn1c(-c2cccc(Cl)c2)nc2ccc(N3CCC[C@H]3CN3CCCC3)cc2c1=O. The van der Waals surface area contributed by atoms with Crippen molar-refractivity contribution in [2.24, 2.45) is 0 Å². The topological polar surface area (TPSA) is 70.5 Å². The first-order valence-corrected chi connectivity index (χ1v) is 13.4. The van der Waals surface area contributed by atoms with Gasteiger partial charge in [-0.15, -0.1) is 0 Å². The molecule has 0 aliphatic carbocycles. The Morgan fingerprint density at radius 2 is 1.92 bits per heavy atom. The Hall–Kier alpha value is -2.90. The molecule has 1 N–H and O–H groups in total. The highest BCUT2D eigenvalue weighted by molar-refractivity contribution is 6.30. The van der Waals surface area contributed by atoms with Crippen molar-refractivity contribution in [3.05, 3.63) is 57.8 Å². The number of nitrogens with one attached hydrogen (secondary N) is 1. The Kier molecular flexibility index (Phi) is 7.30. The predicted molar refractivity (Wildman–Crippen MR) is 146 cm³/mol. The molecule has 1 atom stereocenters. The van der Waals surface area contributed by atoms with Gasteiger partial charge < -0.3 is 15.1 Å². The molecule has 8 heteroatoms. The summed E-state index contributed by atoms with van der Waals surface area (Å²) >= 11 is 6.24. The van der Waals surface area contributed by atoms with E-state index in [1.165, 1.54) is 36.9 Å². The maximum Gasteiger partial charge on any atom is 0.262 e. The van der Waals surface area contributed by atoms with Gasteiger partial charge in [0.05, 0.1) is 10.9 Å². The molecule has 190 valence electrons. The van der Waals surface area contributed by atoms with Gasteiger partial charge in [-0.3, -0.25) is 14.2 Å². The van der Waals surface area contributed by atoms with Crippen molar-refractivity contribution in [2.75, 3.05) is 31.1 Å². The van der Waals surface area contributed by atoms with E-state index in [-0.39, 0.29) is 24.1 Å². The van der Waals surface area contributed by atoms with E-state index < -0.39 is 0 Å². The van der Waals surface area contributed by atoms with Crippen LogP contribution < -0.4 is 15.8 Å². The molecule has 2 saturated heterocycles. The van der Waals surface area contributed by atoms with Gasteiger partial charge in [0.2, 0.25) is 5.91 Å². The van der Waals surface area contributed by atoms with Gasteiger partial charge in [0, 0.05) is 41.4 Å². The number of hydrogen-bond donors (Lipinski definition) is 1. The van der Waals surface area contributed by atoms with Crippen LogP contribution in [0.1, 0.15) is 39.5 Å². The number of halogens is 1. The molecule has 2 aliphatic rings. The van der Waals surface area contributed by atoms with Crippen LogP contribution in [-0.4, -0.2) is 58.6 Å². The minimum Gasteiger partial charge on any atom is -0.367 e. The first-order valence-electron chi connectivity index (χ1n) is 13.0. The minimum absolute atomic E-state index is 0.0226. The van der Waals surface area contributed by atoms with Crippen LogP contribution in [0.2, 0.25) is 5.02 Å². The third-order valence-electron chi connectivity index (χ3n) is 7.15. The van der Waals surface area contributed by atoms with Crippen LogP contribution in [-0.2, 0) is 11.3 Å². The number of aromatic nitrogens is 2. The number of likely N-dealkylation sites (tertiary alicyclic amines) is 1. The van der Waals surface area contributed by atoms with Crippen molar-refractivity contribution in [1.82, 2.24) is 19.8 Å². The second kappa shape index (κ2) is 10.6. The predicted octanol–water partition coefficient (Wildman–Crippen LogP) is 4.31. The zero-order valence-electron chi connectivity index (χ0n) is 21.0. The monoisotopic (exact) mass is 507 g/mol.